The van der Waals surface area contributed by atoms with Gasteiger partial charge in [0.05, 0.1) is 5.69 Å². The highest BCUT2D eigenvalue weighted by Gasteiger charge is 2.03. The van der Waals surface area contributed by atoms with Crippen molar-refractivity contribution in [2.75, 3.05) is 19.5 Å². The summed E-state index contributed by atoms with van der Waals surface area (Å²) in [5, 5.41) is 1.86. The molecule has 0 aromatic heterocycles. The summed E-state index contributed by atoms with van der Waals surface area (Å²) in [6.07, 6.45) is 0. The molecule has 0 spiro atoms. The molecule has 0 aliphatic rings. The highest BCUT2D eigenvalue weighted by molar-refractivity contribution is 9.10. The number of hydrogen-bond donors (Lipinski definition) is 2. The van der Waals surface area contributed by atoms with Crippen LogP contribution in [0, 0.1) is 0 Å². The number of nitrogens with one attached hydrogen (secondary N) is 1. The summed E-state index contributed by atoms with van der Waals surface area (Å²) < 4.78 is 0.941. The Hall–Kier alpha value is -0.650. The van der Waals surface area contributed by atoms with Gasteiger partial charge in [0.15, 0.2) is 0 Å². The third-order valence-corrected chi connectivity index (χ3v) is 2.49. The largest absolute Gasteiger partial charge is 0.389 e. The van der Waals surface area contributed by atoms with Gasteiger partial charge in [0, 0.05) is 24.1 Å². The highest BCUT2D eigenvalue weighted by atomic mass is 79.9. The third-order valence-electron chi connectivity index (χ3n) is 1.60. The molecule has 0 heterocycles. The first kappa shape index (κ1) is 11.4. The summed E-state index contributed by atoms with van der Waals surface area (Å²) in [5.74, 6) is 0. The van der Waals surface area contributed by atoms with Crippen LogP contribution >= 0.6 is 28.1 Å². The van der Waals surface area contributed by atoms with Crippen LogP contribution in [0.25, 0.3) is 0 Å². The maximum atomic E-state index is 5.51. The zero-order valence-corrected chi connectivity index (χ0v) is 10.4. The first-order chi connectivity index (χ1) is 6.50. The minimum Gasteiger partial charge on any atom is -0.389 e. The fraction of sp³-hybridized carbons (Fsp3) is 0.222. The van der Waals surface area contributed by atoms with E-state index in [0.29, 0.717) is 4.99 Å². The molecular weight excluding hydrogens is 262 g/mol. The molecule has 0 unspecified atom stereocenters. The molecule has 1 aromatic rings. The number of nitrogens with two attached hydrogens (primary N) is 1. The molecule has 76 valence electrons. The number of rotatable bonds is 3. The van der Waals surface area contributed by atoms with Gasteiger partial charge in [-0.3, -0.25) is 0 Å². The standard InChI is InChI=1S/C9H12BrN3S/c1-13(2)12-8-4-3-6(9(11)14)5-7(8)10/h3-5,12H,1-2H3,(H2,11,14). The highest BCUT2D eigenvalue weighted by Crippen LogP contribution is 2.23. The fourth-order valence-corrected chi connectivity index (χ4v) is 1.59. The molecule has 3 nitrogen and oxygen atoms in total. The van der Waals surface area contributed by atoms with E-state index in [1.165, 1.54) is 0 Å². The van der Waals surface area contributed by atoms with Crippen molar-refractivity contribution in [3.8, 4) is 0 Å². The molecule has 1 aromatic carbocycles. The molecule has 0 saturated carbocycles. The van der Waals surface area contributed by atoms with Crippen molar-refractivity contribution >= 4 is 38.8 Å². The summed E-state index contributed by atoms with van der Waals surface area (Å²) in [6, 6.07) is 5.71. The Morgan fingerprint density at radius 1 is 1.50 bits per heavy atom. The molecule has 0 atom stereocenters. The number of hydrogen-bond acceptors (Lipinski definition) is 3. The summed E-state index contributed by atoms with van der Waals surface area (Å²) in [5.41, 5.74) is 10.5. The first-order valence-corrected chi connectivity index (χ1v) is 5.24. The molecule has 0 saturated heterocycles. The number of hydrazine groups is 1. The number of halogens is 1. The van der Waals surface area contributed by atoms with Gasteiger partial charge in [-0.05, 0) is 34.1 Å². The Morgan fingerprint density at radius 3 is 2.57 bits per heavy atom. The predicted octanol–water partition coefficient (Wildman–Crippen LogP) is 1.97. The van der Waals surface area contributed by atoms with Crippen molar-refractivity contribution in [2.45, 2.75) is 0 Å². The van der Waals surface area contributed by atoms with Crippen molar-refractivity contribution in [1.82, 2.24) is 5.01 Å². The van der Waals surface area contributed by atoms with E-state index < -0.39 is 0 Å². The molecule has 0 aliphatic carbocycles. The normalized spacial score (nSPS) is 10.3. The van der Waals surface area contributed by atoms with Gasteiger partial charge in [0.1, 0.15) is 4.99 Å². The molecule has 0 amide bonds. The zero-order chi connectivity index (χ0) is 10.7. The van der Waals surface area contributed by atoms with Crippen LogP contribution in [-0.2, 0) is 0 Å². The average Bonchev–Trinajstić information content (AvgIpc) is 2.07. The second kappa shape index (κ2) is 4.72. The maximum absolute atomic E-state index is 5.51. The fourth-order valence-electron chi connectivity index (χ4n) is 1.000. The van der Waals surface area contributed by atoms with Gasteiger partial charge in [0.2, 0.25) is 0 Å². The zero-order valence-electron chi connectivity index (χ0n) is 8.04. The third kappa shape index (κ3) is 2.94. The van der Waals surface area contributed by atoms with Crippen molar-refractivity contribution in [3.63, 3.8) is 0 Å². The summed E-state index contributed by atoms with van der Waals surface area (Å²) in [7, 11) is 3.85. The second-order valence-corrected chi connectivity index (χ2v) is 4.36. The summed E-state index contributed by atoms with van der Waals surface area (Å²) in [4.78, 5) is 0.405. The van der Waals surface area contributed by atoms with Crippen LogP contribution in [0.1, 0.15) is 5.56 Å². The molecule has 3 N–H and O–H groups in total. The van der Waals surface area contributed by atoms with E-state index in [-0.39, 0.29) is 0 Å². The Bertz CT molecular complexity index is 352. The van der Waals surface area contributed by atoms with E-state index in [1.54, 1.807) is 0 Å². The first-order valence-electron chi connectivity index (χ1n) is 4.04. The van der Waals surface area contributed by atoms with Gasteiger partial charge >= 0.3 is 0 Å². The van der Waals surface area contributed by atoms with Crippen LogP contribution in [0.3, 0.4) is 0 Å². The van der Waals surface area contributed by atoms with Crippen molar-refractivity contribution in [1.29, 1.82) is 0 Å². The lowest BCUT2D eigenvalue weighted by atomic mass is 10.2. The number of anilines is 1. The molecule has 0 radical (unpaired) electrons. The molecule has 0 aliphatic heterocycles. The number of benzene rings is 1. The Kier molecular flexibility index (Phi) is 3.86. The average molecular weight is 274 g/mol. The quantitative estimate of drug-likeness (QED) is 0.653. The van der Waals surface area contributed by atoms with Crippen LogP contribution in [0.4, 0.5) is 5.69 Å². The van der Waals surface area contributed by atoms with Gasteiger partial charge < -0.3 is 11.2 Å². The van der Waals surface area contributed by atoms with E-state index in [9.17, 15) is 0 Å². The SMILES string of the molecule is CN(C)Nc1ccc(C(N)=S)cc1Br. The van der Waals surface area contributed by atoms with Crippen molar-refractivity contribution in [3.05, 3.63) is 28.2 Å². The number of thiocarbonyl (C=S) groups is 1. The van der Waals surface area contributed by atoms with Gasteiger partial charge in [-0.1, -0.05) is 12.2 Å². The van der Waals surface area contributed by atoms with Crippen molar-refractivity contribution < 1.29 is 0 Å². The van der Waals surface area contributed by atoms with Crippen LogP contribution in [0.15, 0.2) is 22.7 Å². The van der Waals surface area contributed by atoms with Gasteiger partial charge in [0.25, 0.3) is 0 Å². The van der Waals surface area contributed by atoms with E-state index in [0.717, 1.165) is 15.7 Å². The van der Waals surface area contributed by atoms with Crippen LogP contribution in [0.5, 0.6) is 0 Å². The maximum Gasteiger partial charge on any atom is 0.104 e. The Labute approximate surface area is 97.4 Å². The van der Waals surface area contributed by atoms with Crippen molar-refractivity contribution in [2.24, 2.45) is 5.73 Å². The van der Waals surface area contributed by atoms with Crippen LogP contribution in [-0.4, -0.2) is 24.1 Å². The van der Waals surface area contributed by atoms with Gasteiger partial charge in [-0.15, -0.1) is 0 Å². The summed E-state index contributed by atoms with van der Waals surface area (Å²) >= 11 is 8.32. The lowest BCUT2D eigenvalue weighted by Crippen LogP contribution is -2.20. The number of nitrogens with zero attached hydrogens (tertiary/aromatic N) is 1. The van der Waals surface area contributed by atoms with E-state index in [1.807, 2.05) is 37.3 Å². The van der Waals surface area contributed by atoms with Gasteiger partial charge in [-0.25, -0.2) is 5.01 Å². The van der Waals surface area contributed by atoms with E-state index in [2.05, 4.69) is 21.4 Å². The molecule has 5 heteroatoms. The van der Waals surface area contributed by atoms with E-state index >= 15 is 0 Å². The predicted molar refractivity (Wildman–Crippen MR) is 67.3 cm³/mol. The van der Waals surface area contributed by atoms with Crippen LogP contribution < -0.4 is 11.2 Å². The Morgan fingerprint density at radius 2 is 2.14 bits per heavy atom. The molecule has 0 fully saturated rings. The molecular formula is C9H12BrN3S. The lowest BCUT2D eigenvalue weighted by Gasteiger charge is -2.15. The molecule has 1 rings (SSSR count). The monoisotopic (exact) mass is 273 g/mol. The topological polar surface area (TPSA) is 41.3 Å². The Balaban J connectivity index is 2.95. The minimum absolute atomic E-state index is 0.405. The smallest absolute Gasteiger partial charge is 0.104 e. The lowest BCUT2D eigenvalue weighted by molar-refractivity contribution is 0.495. The molecule has 0 bridgehead atoms. The van der Waals surface area contributed by atoms with Crippen LogP contribution in [0.2, 0.25) is 0 Å². The second-order valence-electron chi connectivity index (χ2n) is 3.07. The van der Waals surface area contributed by atoms with E-state index in [4.69, 9.17) is 18.0 Å². The molecule has 14 heavy (non-hydrogen) atoms. The van der Waals surface area contributed by atoms with Gasteiger partial charge in [-0.2, -0.15) is 0 Å². The minimum atomic E-state index is 0.405. The summed E-state index contributed by atoms with van der Waals surface area (Å²) in [6.45, 7) is 0.